The van der Waals surface area contributed by atoms with Crippen LogP contribution in [0.3, 0.4) is 0 Å². The van der Waals surface area contributed by atoms with Crippen LogP contribution in [0, 0.1) is 0 Å². The maximum absolute atomic E-state index is 13.6. The summed E-state index contributed by atoms with van der Waals surface area (Å²) in [4.78, 5) is 26.6. The molecule has 0 bridgehead atoms. The first kappa shape index (κ1) is 28.3. The van der Waals surface area contributed by atoms with E-state index in [1.165, 1.54) is 6.07 Å². The molecule has 0 aliphatic rings. The molecule has 4 aromatic rings. The van der Waals surface area contributed by atoms with Gasteiger partial charge < -0.3 is 10.6 Å². The van der Waals surface area contributed by atoms with Crippen LogP contribution in [0.5, 0.6) is 0 Å². The molecule has 4 rings (SSSR count). The largest absolute Gasteiger partial charge is 0.340 e. The van der Waals surface area contributed by atoms with Gasteiger partial charge in [-0.3, -0.25) is 9.59 Å². The van der Waals surface area contributed by atoms with E-state index in [0.717, 1.165) is 5.56 Å². The third-order valence-electron chi connectivity index (χ3n) is 5.88. The first-order chi connectivity index (χ1) is 18.4. The highest BCUT2D eigenvalue weighted by molar-refractivity contribution is 7.89. The SMILES string of the molecule is CC(C)(C)NS(=O)(=O)c1cccc2c(NC(=O)C(Cc3ccc(Cl)cc3)NC(=O)c3ccccc3)cccc12. The molecule has 0 spiro atoms. The maximum Gasteiger partial charge on any atom is 0.251 e. The zero-order valence-corrected chi connectivity index (χ0v) is 23.4. The number of carbonyl (C=O) groups is 2. The van der Waals surface area contributed by atoms with E-state index >= 15 is 0 Å². The van der Waals surface area contributed by atoms with Crippen molar-refractivity contribution in [1.29, 1.82) is 0 Å². The van der Waals surface area contributed by atoms with E-state index in [-0.39, 0.29) is 17.2 Å². The Kier molecular flexibility index (Phi) is 8.39. The van der Waals surface area contributed by atoms with E-state index < -0.39 is 27.5 Å². The lowest BCUT2D eigenvalue weighted by Crippen LogP contribution is -2.45. The molecule has 0 aliphatic carbocycles. The van der Waals surface area contributed by atoms with Gasteiger partial charge in [0.15, 0.2) is 0 Å². The summed E-state index contributed by atoms with van der Waals surface area (Å²) >= 11 is 6.02. The Hall–Kier alpha value is -3.72. The molecule has 0 heterocycles. The fourth-order valence-corrected chi connectivity index (χ4v) is 5.97. The van der Waals surface area contributed by atoms with Crippen LogP contribution in [0.2, 0.25) is 5.02 Å². The Morgan fingerprint density at radius 3 is 2.13 bits per heavy atom. The van der Waals surface area contributed by atoms with Crippen molar-refractivity contribution in [3.05, 3.63) is 107 Å². The summed E-state index contributed by atoms with van der Waals surface area (Å²) in [6.07, 6.45) is 0.224. The van der Waals surface area contributed by atoms with Crippen molar-refractivity contribution in [2.45, 2.75) is 43.7 Å². The third-order valence-corrected chi connectivity index (χ3v) is 7.95. The van der Waals surface area contributed by atoms with Gasteiger partial charge in [-0.25, -0.2) is 13.1 Å². The summed E-state index contributed by atoms with van der Waals surface area (Å²) in [7, 11) is -3.83. The number of sulfonamides is 1. The van der Waals surface area contributed by atoms with Crippen LogP contribution in [-0.4, -0.2) is 31.8 Å². The predicted octanol–water partition coefficient (Wildman–Crippen LogP) is 5.55. The number of carbonyl (C=O) groups excluding carboxylic acids is 2. The summed E-state index contributed by atoms with van der Waals surface area (Å²) in [5.41, 5.74) is 1.00. The van der Waals surface area contributed by atoms with E-state index in [0.29, 0.717) is 27.0 Å². The summed E-state index contributed by atoms with van der Waals surface area (Å²) in [5, 5.41) is 7.33. The number of amides is 2. The standard InChI is InChI=1S/C30H30ClN3O4S/c1-30(2,3)34-39(37,38)27-14-8-11-23-24(27)12-7-13-25(23)32-29(36)26(19-20-15-17-22(31)18-16-20)33-28(35)21-9-5-4-6-10-21/h4-18,26,34H,19H2,1-3H3,(H,32,36)(H,33,35). The van der Waals surface area contributed by atoms with Crippen molar-refractivity contribution in [3.8, 4) is 0 Å². The maximum atomic E-state index is 13.6. The van der Waals surface area contributed by atoms with E-state index in [4.69, 9.17) is 11.6 Å². The lowest BCUT2D eigenvalue weighted by atomic mass is 10.0. The van der Waals surface area contributed by atoms with Crippen molar-refractivity contribution in [2.75, 3.05) is 5.32 Å². The summed E-state index contributed by atoms with van der Waals surface area (Å²) < 4.78 is 28.9. The monoisotopic (exact) mass is 563 g/mol. The molecule has 4 aromatic carbocycles. The number of nitrogens with one attached hydrogen (secondary N) is 3. The molecular weight excluding hydrogens is 534 g/mol. The minimum Gasteiger partial charge on any atom is -0.340 e. The highest BCUT2D eigenvalue weighted by Gasteiger charge is 2.26. The molecule has 0 saturated heterocycles. The van der Waals surface area contributed by atoms with Crippen LogP contribution < -0.4 is 15.4 Å². The van der Waals surface area contributed by atoms with Crippen molar-refractivity contribution in [1.82, 2.24) is 10.0 Å². The molecule has 0 radical (unpaired) electrons. The average Bonchev–Trinajstić information content (AvgIpc) is 2.88. The molecule has 1 unspecified atom stereocenters. The normalized spacial score (nSPS) is 12.6. The van der Waals surface area contributed by atoms with E-state index in [1.807, 2.05) is 0 Å². The van der Waals surface area contributed by atoms with Gasteiger partial charge in [0.2, 0.25) is 15.9 Å². The van der Waals surface area contributed by atoms with Gasteiger partial charge in [0.05, 0.1) is 4.90 Å². The molecule has 39 heavy (non-hydrogen) atoms. The number of hydrogen-bond acceptors (Lipinski definition) is 4. The number of anilines is 1. The summed E-state index contributed by atoms with van der Waals surface area (Å²) in [6, 6.07) is 24.8. The second-order valence-corrected chi connectivity index (χ2v) is 12.3. The van der Waals surface area contributed by atoms with E-state index in [1.54, 1.807) is 106 Å². The molecule has 7 nitrogen and oxygen atoms in total. The molecule has 0 aliphatic heterocycles. The molecule has 0 fully saturated rings. The minimum atomic E-state index is -3.83. The summed E-state index contributed by atoms with van der Waals surface area (Å²) in [6.45, 7) is 5.31. The van der Waals surface area contributed by atoms with Crippen LogP contribution in [-0.2, 0) is 21.2 Å². The Bertz CT molecular complexity index is 1600. The van der Waals surface area contributed by atoms with Crippen LogP contribution in [0.25, 0.3) is 10.8 Å². The Labute approximate surface area is 233 Å². The molecule has 9 heteroatoms. The average molecular weight is 564 g/mol. The minimum absolute atomic E-state index is 0.112. The predicted molar refractivity (Wildman–Crippen MR) is 156 cm³/mol. The fourth-order valence-electron chi connectivity index (χ4n) is 4.20. The third kappa shape index (κ3) is 7.23. The molecule has 202 valence electrons. The van der Waals surface area contributed by atoms with Crippen LogP contribution in [0.15, 0.2) is 95.9 Å². The van der Waals surface area contributed by atoms with Crippen LogP contribution in [0.4, 0.5) is 5.69 Å². The second-order valence-electron chi connectivity index (χ2n) is 10.2. The highest BCUT2D eigenvalue weighted by atomic mass is 35.5. The molecule has 1 atom stereocenters. The van der Waals surface area contributed by atoms with Gasteiger partial charge in [-0.2, -0.15) is 0 Å². The van der Waals surface area contributed by atoms with Crippen LogP contribution in [0.1, 0.15) is 36.7 Å². The fraction of sp³-hybridized carbons (Fsp3) is 0.200. The van der Waals surface area contributed by atoms with Crippen molar-refractivity contribution in [3.63, 3.8) is 0 Å². The number of hydrogen-bond donors (Lipinski definition) is 3. The van der Waals surface area contributed by atoms with Gasteiger partial charge in [0.25, 0.3) is 5.91 Å². The van der Waals surface area contributed by atoms with Crippen molar-refractivity contribution < 1.29 is 18.0 Å². The van der Waals surface area contributed by atoms with Gasteiger partial charge in [0, 0.05) is 39.0 Å². The zero-order chi connectivity index (χ0) is 28.2. The first-order valence-corrected chi connectivity index (χ1v) is 14.3. The molecule has 0 saturated carbocycles. The van der Waals surface area contributed by atoms with Gasteiger partial charge >= 0.3 is 0 Å². The van der Waals surface area contributed by atoms with Gasteiger partial charge in [-0.15, -0.1) is 0 Å². The van der Waals surface area contributed by atoms with Gasteiger partial charge in [-0.1, -0.05) is 66.2 Å². The molecule has 0 aromatic heterocycles. The highest BCUT2D eigenvalue weighted by Crippen LogP contribution is 2.29. The van der Waals surface area contributed by atoms with Crippen LogP contribution >= 0.6 is 11.6 Å². The number of rotatable bonds is 8. The molecule has 3 N–H and O–H groups in total. The molecular formula is C30H30ClN3O4S. The van der Waals surface area contributed by atoms with Gasteiger partial charge in [-0.05, 0) is 62.7 Å². The zero-order valence-electron chi connectivity index (χ0n) is 21.9. The van der Waals surface area contributed by atoms with Crippen molar-refractivity contribution >= 4 is 49.9 Å². The van der Waals surface area contributed by atoms with Crippen molar-refractivity contribution in [2.24, 2.45) is 0 Å². The Balaban J connectivity index is 1.66. The topological polar surface area (TPSA) is 104 Å². The Morgan fingerprint density at radius 2 is 1.46 bits per heavy atom. The number of halogens is 1. The quantitative estimate of drug-likeness (QED) is 0.261. The first-order valence-electron chi connectivity index (χ1n) is 12.4. The lowest BCUT2D eigenvalue weighted by molar-refractivity contribution is -0.118. The molecule has 2 amide bonds. The lowest BCUT2D eigenvalue weighted by Gasteiger charge is -2.22. The van der Waals surface area contributed by atoms with Gasteiger partial charge in [0.1, 0.15) is 6.04 Å². The summed E-state index contributed by atoms with van der Waals surface area (Å²) in [5.74, 6) is -0.827. The second kappa shape index (κ2) is 11.6. The Morgan fingerprint density at radius 1 is 0.821 bits per heavy atom. The van der Waals surface area contributed by atoms with E-state index in [9.17, 15) is 18.0 Å². The number of fused-ring (bicyclic) bond motifs is 1. The number of benzene rings is 4. The smallest absolute Gasteiger partial charge is 0.251 e. The van der Waals surface area contributed by atoms with E-state index in [2.05, 4.69) is 15.4 Å².